The summed E-state index contributed by atoms with van der Waals surface area (Å²) in [7, 11) is -3.25. The molecule has 72 valence electrons. The molecule has 8 heteroatoms. The predicted molar refractivity (Wildman–Crippen MR) is 38.4 cm³/mol. The van der Waals surface area contributed by atoms with Crippen molar-refractivity contribution in [2.24, 2.45) is 0 Å². The Labute approximate surface area is 68.9 Å². The number of ether oxygens (including phenoxy) is 1. The molecule has 0 unspecified atom stereocenters. The van der Waals surface area contributed by atoms with Crippen LogP contribution in [0.4, 0.5) is 4.79 Å². The lowest BCUT2D eigenvalue weighted by Gasteiger charge is -2.05. The van der Waals surface area contributed by atoms with Crippen LogP contribution in [0.2, 0.25) is 0 Å². The van der Waals surface area contributed by atoms with E-state index in [1.165, 1.54) is 7.11 Å². The van der Waals surface area contributed by atoms with Crippen LogP contribution in [0.25, 0.3) is 0 Å². The SMILES string of the molecule is COC(=O)NCCOP(=O)(O)O. The fourth-order valence-corrected chi connectivity index (χ4v) is 0.719. The highest BCUT2D eigenvalue weighted by Crippen LogP contribution is 2.34. The lowest BCUT2D eigenvalue weighted by atomic mass is 10.7. The summed E-state index contributed by atoms with van der Waals surface area (Å²) in [6.07, 6.45) is -0.677. The zero-order valence-corrected chi connectivity index (χ0v) is 7.28. The lowest BCUT2D eigenvalue weighted by molar-refractivity contribution is 0.162. The Kier molecular flexibility index (Phi) is 4.84. The predicted octanol–water partition coefficient (Wildman–Crippen LogP) is -0.548. The Morgan fingerprint density at radius 1 is 1.58 bits per heavy atom. The summed E-state index contributed by atoms with van der Waals surface area (Å²) in [5.41, 5.74) is 0. The highest BCUT2D eigenvalue weighted by molar-refractivity contribution is 7.46. The molecule has 12 heavy (non-hydrogen) atoms. The number of hydrogen-bond donors (Lipinski definition) is 3. The standard InChI is InChI=1S/C4H10NO6P/c1-10-4(6)5-2-3-11-12(7,8)9/h2-3H2,1H3,(H,5,6)(H2,7,8,9). The minimum Gasteiger partial charge on any atom is -0.453 e. The third-order valence-electron chi connectivity index (χ3n) is 0.816. The fourth-order valence-electron chi connectivity index (χ4n) is 0.390. The zero-order valence-electron chi connectivity index (χ0n) is 6.39. The second-order valence-electron chi connectivity index (χ2n) is 1.74. The van der Waals surface area contributed by atoms with E-state index < -0.39 is 13.9 Å². The highest BCUT2D eigenvalue weighted by atomic mass is 31.2. The Morgan fingerprint density at radius 2 is 2.17 bits per heavy atom. The number of rotatable bonds is 4. The van der Waals surface area contributed by atoms with Crippen molar-refractivity contribution in [3.8, 4) is 0 Å². The van der Waals surface area contributed by atoms with E-state index in [1.54, 1.807) is 0 Å². The van der Waals surface area contributed by atoms with E-state index in [9.17, 15) is 9.36 Å². The van der Waals surface area contributed by atoms with Gasteiger partial charge in [0.05, 0.1) is 13.7 Å². The first-order chi connectivity index (χ1) is 5.45. The normalized spacial score (nSPS) is 10.9. The molecule has 0 atom stereocenters. The number of hydrogen-bond acceptors (Lipinski definition) is 4. The van der Waals surface area contributed by atoms with Crippen molar-refractivity contribution < 1.29 is 28.4 Å². The van der Waals surface area contributed by atoms with Gasteiger partial charge in [0.15, 0.2) is 0 Å². The Balaban J connectivity index is 3.34. The van der Waals surface area contributed by atoms with Gasteiger partial charge in [0.2, 0.25) is 0 Å². The van der Waals surface area contributed by atoms with E-state index >= 15 is 0 Å². The molecule has 0 aromatic rings. The largest absolute Gasteiger partial charge is 0.469 e. The fraction of sp³-hybridized carbons (Fsp3) is 0.750. The minimum atomic E-state index is -4.43. The Bertz CT molecular complexity index is 188. The summed E-state index contributed by atoms with van der Waals surface area (Å²) in [6.45, 7) is -0.281. The lowest BCUT2D eigenvalue weighted by Crippen LogP contribution is -2.26. The average Bonchev–Trinajstić information content (AvgIpc) is 1.96. The van der Waals surface area contributed by atoms with Crippen LogP contribution in [0.5, 0.6) is 0 Å². The molecule has 0 aromatic heterocycles. The molecule has 0 bridgehead atoms. The van der Waals surface area contributed by atoms with Crippen LogP contribution in [0.3, 0.4) is 0 Å². The number of methoxy groups -OCH3 is 1. The first-order valence-corrected chi connectivity index (χ1v) is 4.50. The zero-order chi connectivity index (χ0) is 9.61. The van der Waals surface area contributed by atoms with E-state index in [4.69, 9.17) is 9.79 Å². The first-order valence-electron chi connectivity index (χ1n) is 2.97. The molecule has 0 saturated carbocycles. The highest BCUT2D eigenvalue weighted by Gasteiger charge is 2.12. The molecule has 0 aromatic carbocycles. The topological polar surface area (TPSA) is 105 Å². The van der Waals surface area contributed by atoms with Gasteiger partial charge in [0, 0.05) is 6.54 Å². The molecule has 0 radical (unpaired) electrons. The summed E-state index contributed by atoms with van der Waals surface area (Å²) >= 11 is 0. The molecule has 1 amide bonds. The van der Waals surface area contributed by atoms with Crippen molar-refractivity contribution in [3.63, 3.8) is 0 Å². The first kappa shape index (κ1) is 11.4. The molecule has 7 nitrogen and oxygen atoms in total. The summed E-state index contributed by atoms with van der Waals surface area (Å²) in [5, 5.41) is 2.18. The van der Waals surface area contributed by atoms with Crippen LogP contribution < -0.4 is 5.32 Å². The van der Waals surface area contributed by atoms with Crippen LogP contribution in [0.15, 0.2) is 0 Å². The van der Waals surface area contributed by atoms with Gasteiger partial charge < -0.3 is 19.8 Å². The second-order valence-corrected chi connectivity index (χ2v) is 2.98. The maximum absolute atomic E-state index is 10.4. The summed E-state index contributed by atoms with van der Waals surface area (Å²) < 4.78 is 18.3. The number of phosphoric acid groups is 1. The molecule has 3 N–H and O–H groups in total. The van der Waals surface area contributed by atoms with Crippen molar-refractivity contribution >= 4 is 13.9 Å². The number of phosphoric ester groups is 1. The quantitative estimate of drug-likeness (QED) is 0.414. The number of carbonyl (C=O) groups is 1. The van der Waals surface area contributed by atoms with Crippen molar-refractivity contribution in [1.29, 1.82) is 0 Å². The van der Waals surface area contributed by atoms with E-state index in [1.807, 2.05) is 0 Å². The third-order valence-corrected chi connectivity index (χ3v) is 1.34. The van der Waals surface area contributed by atoms with Gasteiger partial charge in [-0.05, 0) is 0 Å². The molecule has 0 aliphatic rings. The second kappa shape index (κ2) is 5.10. The molecule has 0 heterocycles. The van der Waals surface area contributed by atoms with Crippen molar-refractivity contribution in [1.82, 2.24) is 5.32 Å². The van der Waals surface area contributed by atoms with Gasteiger partial charge in [-0.15, -0.1) is 0 Å². The monoisotopic (exact) mass is 199 g/mol. The van der Waals surface area contributed by atoms with Crippen molar-refractivity contribution in [3.05, 3.63) is 0 Å². The van der Waals surface area contributed by atoms with Gasteiger partial charge in [0.1, 0.15) is 0 Å². The van der Waals surface area contributed by atoms with Gasteiger partial charge in [-0.1, -0.05) is 0 Å². The molecular formula is C4H10NO6P. The summed E-state index contributed by atoms with van der Waals surface area (Å²) in [6, 6.07) is 0. The minimum absolute atomic E-state index is 0.0161. The van der Waals surface area contributed by atoms with Crippen LogP contribution in [0.1, 0.15) is 0 Å². The summed E-state index contributed by atoms with van der Waals surface area (Å²) in [5.74, 6) is 0. The maximum Gasteiger partial charge on any atom is 0.469 e. The number of amides is 1. The number of carbonyl (C=O) groups excluding carboxylic acids is 1. The molecule has 0 fully saturated rings. The molecular weight excluding hydrogens is 189 g/mol. The smallest absolute Gasteiger partial charge is 0.453 e. The molecule has 0 saturated heterocycles. The van der Waals surface area contributed by atoms with E-state index in [-0.39, 0.29) is 13.2 Å². The summed E-state index contributed by atoms with van der Waals surface area (Å²) in [4.78, 5) is 26.7. The van der Waals surface area contributed by atoms with E-state index in [0.29, 0.717) is 0 Å². The van der Waals surface area contributed by atoms with Crippen molar-refractivity contribution in [2.75, 3.05) is 20.3 Å². The molecule has 0 aliphatic heterocycles. The van der Waals surface area contributed by atoms with Gasteiger partial charge in [-0.25, -0.2) is 9.36 Å². The molecule has 0 aliphatic carbocycles. The van der Waals surface area contributed by atoms with E-state index in [2.05, 4.69) is 14.6 Å². The van der Waals surface area contributed by atoms with Gasteiger partial charge >= 0.3 is 13.9 Å². The van der Waals surface area contributed by atoms with Crippen LogP contribution in [-0.2, 0) is 13.8 Å². The van der Waals surface area contributed by atoms with Gasteiger partial charge in [-0.3, -0.25) is 4.52 Å². The Hall–Kier alpha value is -0.620. The third kappa shape index (κ3) is 7.49. The Morgan fingerprint density at radius 3 is 2.58 bits per heavy atom. The van der Waals surface area contributed by atoms with Crippen LogP contribution >= 0.6 is 7.82 Å². The van der Waals surface area contributed by atoms with Gasteiger partial charge in [-0.2, -0.15) is 0 Å². The van der Waals surface area contributed by atoms with Gasteiger partial charge in [0.25, 0.3) is 0 Å². The average molecular weight is 199 g/mol. The maximum atomic E-state index is 10.4. The molecule has 0 rings (SSSR count). The van der Waals surface area contributed by atoms with Crippen LogP contribution in [-0.4, -0.2) is 36.1 Å². The van der Waals surface area contributed by atoms with E-state index in [0.717, 1.165) is 0 Å². The van der Waals surface area contributed by atoms with Crippen molar-refractivity contribution in [2.45, 2.75) is 0 Å². The number of alkyl carbamates (subject to hydrolysis) is 1. The molecule has 0 spiro atoms. The van der Waals surface area contributed by atoms with Crippen LogP contribution in [0, 0.1) is 0 Å². The number of nitrogens with one attached hydrogen (secondary N) is 1.